The van der Waals surface area contributed by atoms with E-state index in [1.807, 2.05) is 13.0 Å². The van der Waals surface area contributed by atoms with Crippen LogP contribution in [0.5, 0.6) is 0 Å². The van der Waals surface area contributed by atoms with Gasteiger partial charge in [0.15, 0.2) is 0 Å². The first-order valence-electron chi connectivity index (χ1n) is 7.97. The fourth-order valence-electron chi connectivity index (χ4n) is 2.48. The number of piperidine rings is 1. The highest BCUT2D eigenvalue weighted by molar-refractivity contribution is 5.97. The molecule has 1 fully saturated rings. The van der Waals surface area contributed by atoms with Crippen LogP contribution in [-0.2, 0) is 14.4 Å². The molecule has 1 aromatic carbocycles. The van der Waals surface area contributed by atoms with Crippen LogP contribution in [0.15, 0.2) is 18.2 Å². The van der Waals surface area contributed by atoms with Gasteiger partial charge in [-0.05, 0) is 37.5 Å². The first-order valence-corrected chi connectivity index (χ1v) is 7.97. The van der Waals surface area contributed by atoms with E-state index < -0.39 is 0 Å². The molecular formula is C17H23N3O3. The van der Waals surface area contributed by atoms with Crippen LogP contribution in [0.2, 0.25) is 0 Å². The first-order chi connectivity index (χ1) is 11.0. The summed E-state index contributed by atoms with van der Waals surface area (Å²) in [4.78, 5) is 37.0. The maximum Gasteiger partial charge on any atom is 0.244 e. The second-order valence-corrected chi connectivity index (χ2v) is 5.75. The summed E-state index contributed by atoms with van der Waals surface area (Å²) in [6, 6.07) is 5.37. The zero-order valence-corrected chi connectivity index (χ0v) is 13.6. The van der Waals surface area contributed by atoms with Gasteiger partial charge in [-0.25, -0.2) is 0 Å². The lowest BCUT2D eigenvalue weighted by molar-refractivity contribution is -0.136. The molecule has 0 unspecified atom stereocenters. The third-order valence-corrected chi connectivity index (χ3v) is 3.87. The largest absolute Gasteiger partial charge is 0.333 e. The molecule has 0 atom stereocenters. The summed E-state index contributed by atoms with van der Waals surface area (Å²) in [5.41, 5.74) is 2.19. The minimum absolute atomic E-state index is 0.0343. The Bertz CT molecular complexity index is 613. The van der Waals surface area contributed by atoms with Crippen LogP contribution in [0.1, 0.15) is 38.2 Å². The minimum atomic E-state index is -0.220. The number of carbonyl (C=O) groups is 3. The molecule has 1 aromatic rings. The highest BCUT2D eigenvalue weighted by Gasteiger charge is 2.20. The standard InChI is InChI=1S/C17H23N3O3/c1-3-15(21)18-13-8-7-12(2)14(10-13)19-16(22)11-20-9-5-4-6-17(20)23/h7-8,10H,3-6,9,11H2,1-2H3,(H,18,21)(H,19,22). The predicted octanol–water partition coefficient (Wildman–Crippen LogP) is 2.29. The lowest BCUT2D eigenvalue weighted by Gasteiger charge is -2.26. The van der Waals surface area contributed by atoms with E-state index in [0.29, 0.717) is 30.8 Å². The molecule has 6 heteroatoms. The van der Waals surface area contributed by atoms with Gasteiger partial charge in [0, 0.05) is 30.8 Å². The zero-order chi connectivity index (χ0) is 16.8. The van der Waals surface area contributed by atoms with Crippen molar-refractivity contribution in [1.29, 1.82) is 0 Å². The maximum absolute atomic E-state index is 12.2. The van der Waals surface area contributed by atoms with Crippen LogP contribution < -0.4 is 10.6 Å². The van der Waals surface area contributed by atoms with Gasteiger partial charge in [0.2, 0.25) is 17.7 Å². The Morgan fingerprint density at radius 3 is 2.65 bits per heavy atom. The van der Waals surface area contributed by atoms with Crippen molar-refractivity contribution in [3.63, 3.8) is 0 Å². The lowest BCUT2D eigenvalue weighted by Crippen LogP contribution is -2.40. The minimum Gasteiger partial charge on any atom is -0.333 e. The SMILES string of the molecule is CCC(=O)Nc1ccc(C)c(NC(=O)CN2CCCCC2=O)c1. The van der Waals surface area contributed by atoms with Crippen LogP contribution in [-0.4, -0.2) is 35.7 Å². The topological polar surface area (TPSA) is 78.5 Å². The van der Waals surface area contributed by atoms with Gasteiger partial charge in [-0.2, -0.15) is 0 Å². The number of likely N-dealkylation sites (tertiary alicyclic amines) is 1. The van der Waals surface area contributed by atoms with Gasteiger partial charge in [0.05, 0.1) is 6.54 Å². The summed E-state index contributed by atoms with van der Waals surface area (Å²) in [5.74, 6) is -0.264. The van der Waals surface area contributed by atoms with E-state index in [9.17, 15) is 14.4 Å². The van der Waals surface area contributed by atoms with E-state index in [1.165, 1.54) is 0 Å². The number of aryl methyl sites for hydroxylation is 1. The number of benzene rings is 1. The van der Waals surface area contributed by atoms with Crippen molar-refractivity contribution >= 4 is 29.1 Å². The van der Waals surface area contributed by atoms with E-state index in [-0.39, 0.29) is 24.3 Å². The Balaban J connectivity index is 2.00. The number of carbonyl (C=O) groups excluding carboxylic acids is 3. The van der Waals surface area contributed by atoms with Crippen molar-refractivity contribution in [3.05, 3.63) is 23.8 Å². The van der Waals surface area contributed by atoms with Crippen molar-refractivity contribution in [3.8, 4) is 0 Å². The second-order valence-electron chi connectivity index (χ2n) is 5.75. The molecular weight excluding hydrogens is 294 g/mol. The van der Waals surface area contributed by atoms with E-state index >= 15 is 0 Å². The van der Waals surface area contributed by atoms with Crippen molar-refractivity contribution in [2.45, 2.75) is 39.5 Å². The number of hydrogen-bond donors (Lipinski definition) is 2. The molecule has 23 heavy (non-hydrogen) atoms. The van der Waals surface area contributed by atoms with Gasteiger partial charge in [-0.15, -0.1) is 0 Å². The van der Waals surface area contributed by atoms with Crippen LogP contribution in [0.25, 0.3) is 0 Å². The molecule has 0 saturated carbocycles. The summed E-state index contributed by atoms with van der Waals surface area (Å²) in [6.45, 7) is 4.37. The van der Waals surface area contributed by atoms with Gasteiger partial charge in [0.1, 0.15) is 0 Å². The van der Waals surface area contributed by atoms with Crippen molar-refractivity contribution in [1.82, 2.24) is 4.90 Å². The fraction of sp³-hybridized carbons (Fsp3) is 0.471. The average molecular weight is 317 g/mol. The molecule has 1 heterocycles. The number of nitrogens with zero attached hydrogens (tertiary/aromatic N) is 1. The fourth-order valence-corrected chi connectivity index (χ4v) is 2.48. The molecule has 3 amide bonds. The van der Waals surface area contributed by atoms with Crippen LogP contribution >= 0.6 is 0 Å². The summed E-state index contributed by atoms with van der Waals surface area (Å²) < 4.78 is 0. The molecule has 1 aliphatic heterocycles. The number of anilines is 2. The van der Waals surface area contributed by atoms with Gasteiger partial charge in [-0.1, -0.05) is 13.0 Å². The monoisotopic (exact) mass is 317 g/mol. The van der Waals surface area contributed by atoms with Gasteiger partial charge < -0.3 is 15.5 Å². The zero-order valence-electron chi connectivity index (χ0n) is 13.6. The van der Waals surface area contributed by atoms with Crippen molar-refractivity contribution in [2.24, 2.45) is 0 Å². The Kier molecular flexibility index (Phi) is 5.73. The molecule has 124 valence electrons. The van der Waals surface area contributed by atoms with Crippen LogP contribution in [0, 0.1) is 6.92 Å². The van der Waals surface area contributed by atoms with Gasteiger partial charge >= 0.3 is 0 Å². The van der Waals surface area contributed by atoms with E-state index in [1.54, 1.807) is 24.0 Å². The normalized spacial score (nSPS) is 14.5. The third kappa shape index (κ3) is 4.81. The first kappa shape index (κ1) is 17.0. The molecule has 0 aliphatic carbocycles. The maximum atomic E-state index is 12.2. The molecule has 6 nitrogen and oxygen atoms in total. The molecule has 1 saturated heterocycles. The molecule has 0 aromatic heterocycles. The number of rotatable bonds is 5. The molecule has 0 radical (unpaired) electrons. The molecule has 0 bridgehead atoms. The number of nitrogens with one attached hydrogen (secondary N) is 2. The summed E-state index contributed by atoms with van der Waals surface area (Å²) in [6.07, 6.45) is 2.75. The highest BCUT2D eigenvalue weighted by atomic mass is 16.2. The van der Waals surface area contributed by atoms with E-state index in [0.717, 1.165) is 18.4 Å². The van der Waals surface area contributed by atoms with Crippen LogP contribution in [0.3, 0.4) is 0 Å². The van der Waals surface area contributed by atoms with Gasteiger partial charge in [-0.3, -0.25) is 14.4 Å². The molecule has 2 N–H and O–H groups in total. The van der Waals surface area contributed by atoms with E-state index in [2.05, 4.69) is 10.6 Å². The second kappa shape index (κ2) is 7.76. The molecule has 0 spiro atoms. The average Bonchev–Trinajstić information content (AvgIpc) is 2.52. The Morgan fingerprint density at radius 1 is 1.17 bits per heavy atom. The summed E-state index contributed by atoms with van der Waals surface area (Å²) in [7, 11) is 0. The number of hydrogen-bond acceptors (Lipinski definition) is 3. The van der Waals surface area contributed by atoms with E-state index in [4.69, 9.17) is 0 Å². The van der Waals surface area contributed by atoms with Gasteiger partial charge in [0.25, 0.3) is 0 Å². The molecule has 2 rings (SSSR count). The third-order valence-electron chi connectivity index (χ3n) is 3.87. The van der Waals surface area contributed by atoms with Crippen molar-refractivity contribution in [2.75, 3.05) is 23.7 Å². The molecule has 1 aliphatic rings. The lowest BCUT2D eigenvalue weighted by atomic mass is 10.1. The summed E-state index contributed by atoms with van der Waals surface area (Å²) >= 11 is 0. The quantitative estimate of drug-likeness (QED) is 0.874. The van der Waals surface area contributed by atoms with Crippen molar-refractivity contribution < 1.29 is 14.4 Å². The summed E-state index contributed by atoms with van der Waals surface area (Å²) in [5, 5.41) is 5.59. The predicted molar refractivity (Wildman–Crippen MR) is 89.2 cm³/mol. The Hall–Kier alpha value is -2.37. The number of amides is 3. The van der Waals surface area contributed by atoms with Crippen LogP contribution in [0.4, 0.5) is 11.4 Å². The smallest absolute Gasteiger partial charge is 0.244 e. The Morgan fingerprint density at radius 2 is 1.96 bits per heavy atom. The Labute approximate surface area is 136 Å². The highest BCUT2D eigenvalue weighted by Crippen LogP contribution is 2.21.